The SMILES string of the molecule is CNCc1nnc(NCCCCCSC)o1. The zero-order valence-corrected chi connectivity index (χ0v) is 10.8. The van der Waals surface area contributed by atoms with E-state index in [1.54, 1.807) is 0 Å². The van der Waals surface area contributed by atoms with Crippen LogP contribution in [0, 0.1) is 0 Å². The summed E-state index contributed by atoms with van der Waals surface area (Å²) in [6.07, 6.45) is 5.80. The van der Waals surface area contributed by atoms with Crippen LogP contribution in [0.3, 0.4) is 0 Å². The minimum Gasteiger partial charge on any atom is -0.407 e. The molecule has 0 aliphatic heterocycles. The minimum absolute atomic E-state index is 0.523. The van der Waals surface area contributed by atoms with Gasteiger partial charge in [0, 0.05) is 6.54 Å². The summed E-state index contributed by atoms with van der Waals surface area (Å²) >= 11 is 1.90. The molecule has 0 amide bonds. The van der Waals surface area contributed by atoms with E-state index in [-0.39, 0.29) is 0 Å². The van der Waals surface area contributed by atoms with Gasteiger partial charge in [-0.15, -0.1) is 5.10 Å². The number of unbranched alkanes of at least 4 members (excludes halogenated alkanes) is 2. The molecule has 1 heterocycles. The van der Waals surface area contributed by atoms with Crippen molar-refractivity contribution in [3.05, 3.63) is 5.89 Å². The Morgan fingerprint density at radius 3 is 2.88 bits per heavy atom. The van der Waals surface area contributed by atoms with Gasteiger partial charge in [-0.3, -0.25) is 0 Å². The lowest BCUT2D eigenvalue weighted by Crippen LogP contribution is -2.05. The summed E-state index contributed by atoms with van der Waals surface area (Å²) in [5.41, 5.74) is 0. The number of thioether (sulfide) groups is 1. The predicted octanol–water partition coefficient (Wildman–Crippen LogP) is 1.73. The summed E-state index contributed by atoms with van der Waals surface area (Å²) in [5, 5.41) is 13.9. The third-order valence-corrected chi connectivity index (χ3v) is 2.79. The molecule has 16 heavy (non-hydrogen) atoms. The van der Waals surface area contributed by atoms with Crippen LogP contribution in [-0.2, 0) is 6.54 Å². The van der Waals surface area contributed by atoms with Gasteiger partial charge >= 0.3 is 6.01 Å². The highest BCUT2D eigenvalue weighted by atomic mass is 32.2. The first-order chi connectivity index (χ1) is 7.86. The maximum atomic E-state index is 5.35. The van der Waals surface area contributed by atoms with E-state index in [4.69, 9.17) is 4.42 Å². The molecule has 0 bridgehead atoms. The van der Waals surface area contributed by atoms with Crippen molar-refractivity contribution in [3.8, 4) is 0 Å². The Morgan fingerprint density at radius 2 is 2.12 bits per heavy atom. The average molecular weight is 244 g/mol. The molecule has 0 saturated heterocycles. The largest absolute Gasteiger partial charge is 0.407 e. The summed E-state index contributed by atoms with van der Waals surface area (Å²) in [4.78, 5) is 0. The van der Waals surface area contributed by atoms with Crippen LogP contribution in [0.4, 0.5) is 6.01 Å². The zero-order valence-electron chi connectivity index (χ0n) is 9.95. The van der Waals surface area contributed by atoms with Gasteiger partial charge in [0.05, 0.1) is 6.54 Å². The highest BCUT2D eigenvalue weighted by Crippen LogP contribution is 2.06. The molecular formula is C10H20N4OS. The number of nitrogens with zero attached hydrogens (tertiary/aromatic N) is 2. The molecule has 0 aliphatic rings. The van der Waals surface area contributed by atoms with E-state index in [2.05, 4.69) is 27.1 Å². The maximum Gasteiger partial charge on any atom is 0.315 e. The lowest BCUT2D eigenvalue weighted by atomic mass is 10.2. The smallest absolute Gasteiger partial charge is 0.315 e. The number of aromatic nitrogens is 2. The second kappa shape index (κ2) is 8.41. The average Bonchev–Trinajstić information content (AvgIpc) is 2.72. The van der Waals surface area contributed by atoms with E-state index in [9.17, 15) is 0 Å². The van der Waals surface area contributed by atoms with Crippen molar-refractivity contribution in [1.82, 2.24) is 15.5 Å². The molecule has 2 N–H and O–H groups in total. The van der Waals surface area contributed by atoms with Gasteiger partial charge in [-0.25, -0.2) is 0 Å². The van der Waals surface area contributed by atoms with Crippen LogP contribution < -0.4 is 10.6 Å². The molecular weight excluding hydrogens is 224 g/mol. The number of hydrogen-bond acceptors (Lipinski definition) is 6. The minimum atomic E-state index is 0.523. The number of hydrogen-bond donors (Lipinski definition) is 2. The lowest BCUT2D eigenvalue weighted by molar-refractivity contribution is 0.488. The van der Waals surface area contributed by atoms with Gasteiger partial charge in [0.25, 0.3) is 0 Å². The lowest BCUT2D eigenvalue weighted by Gasteiger charge is -2.00. The van der Waals surface area contributed by atoms with Crippen molar-refractivity contribution in [2.24, 2.45) is 0 Å². The molecule has 0 aliphatic carbocycles. The quantitative estimate of drug-likeness (QED) is 0.645. The van der Waals surface area contributed by atoms with E-state index < -0.39 is 0 Å². The maximum absolute atomic E-state index is 5.35. The van der Waals surface area contributed by atoms with E-state index in [1.165, 1.54) is 18.6 Å². The summed E-state index contributed by atoms with van der Waals surface area (Å²) in [7, 11) is 1.85. The third kappa shape index (κ3) is 5.37. The monoisotopic (exact) mass is 244 g/mol. The fourth-order valence-corrected chi connectivity index (χ4v) is 1.78. The number of nitrogens with one attached hydrogen (secondary N) is 2. The number of rotatable bonds is 9. The zero-order chi connectivity index (χ0) is 11.6. The number of anilines is 1. The Kier molecular flexibility index (Phi) is 7.00. The van der Waals surface area contributed by atoms with Gasteiger partial charge < -0.3 is 15.1 Å². The van der Waals surface area contributed by atoms with Crippen molar-refractivity contribution in [2.45, 2.75) is 25.8 Å². The van der Waals surface area contributed by atoms with Crippen LogP contribution in [0.1, 0.15) is 25.2 Å². The van der Waals surface area contributed by atoms with Crippen LogP contribution >= 0.6 is 11.8 Å². The van der Waals surface area contributed by atoms with Crippen LogP contribution in [0.15, 0.2) is 4.42 Å². The van der Waals surface area contributed by atoms with Gasteiger partial charge in [-0.05, 0) is 31.9 Å². The highest BCUT2D eigenvalue weighted by molar-refractivity contribution is 7.98. The summed E-state index contributed by atoms with van der Waals surface area (Å²) in [5.74, 6) is 1.86. The van der Waals surface area contributed by atoms with Crippen molar-refractivity contribution >= 4 is 17.8 Å². The molecule has 6 heteroatoms. The fourth-order valence-electron chi connectivity index (χ4n) is 1.29. The first kappa shape index (κ1) is 13.3. The summed E-state index contributed by atoms with van der Waals surface area (Å²) < 4.78 is 5.35. The molecule has 0 fully saturated rings. The van der Waals surface area contributed by atoms with Crippen LogP contribution in [-0.4, -0.2) is 35.8 Å². The molecule has 0 unspecified atom stereocenters. The molecule has 5 nitrogen and oxygen atoms in total. The van der Waals surface area contributed by atoms with Gasteiger partial charge in [-0.1, -0.05) is 11.5 Å². The first-order valence-corrected chi connectivity index (χ1v) is 6.96. The van der Waals surface area contributed by atoms with Crippen LogP contribution in [0.2, 0.25) is 0 Å². The summed E-state index contributed by atoms with van der Waals surface area (Å²) in [6, 6.07) is 0.523. The van der Waals surface area contributed by atoms with E-state index in [0.29, 0.717) is 18.5 Å². The van der Waals surface area contributed by atoms with Crippen LogP contribution in [0.25, 0.3) is 0 Å². The van der Waals surface area contributed by atoms with Gasteiger partial charge in [0.1, 0.15) is 0 Å². The van der Waals surface area contributed by atoms with Crippen molar-refractivity contribution in [2.75, 3.05) is 30.9 Å². The van der Waals surface area contributed by atoms with Crippen molar-refractivity contribution < 1.29 is 4.42 Å². The summed E-state index contributed by atoms with van der Waals surface area (Å²) in [6.45, 7) is 1.51. The molecule has 0 spiro atoms. The topological polar surface area (TPSA) is 63.0 Å². The Morgan fingerprint density at radius 1 is 1.25 bits per heavy atom. The van der Waals surface area contributed by atoms with Crippen LogP contribution in [0.5, 0.6) is 0 Å². The molecule has 1 aromatic rings. The van der Waals surface area contributed by atoms with E-state index in [0.717, 1.165) is 13.0 Å². The Bertz CT molecular complexity index is 280. The molecule has 0 saturated carbocycles. The standard InChI is InChI=1S/C10H20N4OS/c1-11-8-9-13-14-10(15-9)12-6-4-3-5-7-16-2/h11H,3-8H2,1-2H3,(H,12,14). The van der Waals surface area contributed by atoms with Gasteiger partial charge in [0.2, 0.25) is 5.89 Å². The van der Waals surface area contributed by atoms with Gasteiger partial charge in [0.15, 0.2) is 0 Å². The van der Waals surface area contributed by atoms with Gasteiger partial charge in [-0.2, -0.15) is 11.8 Å². The van der Waals surface area contributed by atoms with E-state index in [1.807, 2.05) is 18.8 Å². The molecule has 1 aromatic heterocycles. The Balaban J connectivity index is 2.07. The second-order valence-electron chi connectivity index (χ2n) is 3.51. The molecule has 1 rings (SSSR count). The fraction of sp³-hybridized carbons (Fsp3) is 0.800. The highest BCUT2D eigenvalue weighted by Gasteiger charge is 2.03. The van der Waals surface area contributed by atoms with Crippen molar-refractivity contribution in [1.29, 1.82) is 0 Å². The Hall–Kier alpha value is -0.750. The first-order valence-electron chi connectivity index (χ1n) is 5.56. The van der Waals surface area contributed by atoms with E-state index >= 15 is 0 Å². The molecule has 0 radical (unpaired) electrons. The molecule has 92 valence electrons. The third-order valence-electron chi connectivity index (χ3n) is 2.10. The normalized spacial score (nSPS) is 10.6. The molecule has 0 aromatic carbocycles. The predicted molar refractivity (Wildman–Crippen MR) is 67.8 cm³/mol. The Labute approximate surface area is 101 Å². The molecule has 0 atom stereocenters. The second-order valence-corrected chi connectivity index (χ2v) is 4.50. The van der Waals surface area contributed by atoms with Crippen molar-refractivity contribution in [3.63, 3.8) is 0 Å².